The Morgan fingerprint density at radius 1 is 1.00 bits per heavy atom. The molecule has 0 saturated carbocycles. The molecule has 2 heterocycles. The Bertz CT molecular complexity index is 985. The summed E-state index contributed by atoms with van der Waals surface area (Å²) >= 11 is 1.53. The summed E-state index contributed by atoms with van der Waals surface area (Å²) < 4.78 is 32.3. The fourth-order valence-electron chi connectivity index (χ4n) is 3.95. The van der Waals surface area contributed by atoms with Crippen LogP contribution in [0.15, 0.2) is 66.0 Å². The maximum Gasteiger partial charge on any atom is 0.234 e. The van der Waals surface area contributed by atoms with E-state index in [2.05, 4.69) is 10.6 Å². The van der Waals surface area contributed by atoms with Crippen LogP contribution in [-0.4, -0.2) is 25.7 Å². The van der Waals surface area contributed by atoms with Gasteiger partial charge in [-0.1, -0.05) is 30.3 Å². The van der Waals surface area contributed by atoms with Gasteiger partial charge in [-0.2, -0.15) is 0 Å². The number of hydrogen-bond donors (Lipinski definition) is 2. The first-order valence-electron chi connectivity index (χ1n) is 10.2. The Hall–Kier alpha value is -2.61. The Labute approximate surface area is 184 Å². The lowest BCUT2D eigenvalue weighted by Gasteiger charge is -2.38. The van der Waals surface area contributed by atoms with Crippen LogP contribution in [0.5, 0.6) is 0 Å². The van der Waals surface area contributed by atoms with Crippen LogP contribution in [0.2, 0.25) is 0 Å². The minimum Gasteiger partial charge on any atom is -0.381 e. The third-order valence-corrected chi connectivity index (χ3v) is 6.60. The lowest BCUT2D eigenvalue weighted by molar-refractivity contribution is -0.121. The van der Waals surface area contributed by atoms with E-state index in [4.69, 9.17) is 4.74 Å². The van der Waals surface area contributed by atoms with Gasteiger partial charge in [0.05, 0.1) is 12.6 Å². The van der Waals surface area contributed by atoms with Gasteiger partial charge in [-0.25, -0.2) is 8.78 Å². The van der Waals surface area contributed by atoms with E-state index >= 15 is 0 Å². The van der Waals surface area contributed by atoms with E-state index in [-0.39, 0.29) is 30.1 Å². The third kappa shape index (κ3) is 5.18. The molecular formula is C24H24F2N2O2S. The molecule has 162 valence electrons. The van der Waals surface area contributed by atoms with Gasteiger partial charge in [-0.15, -0.1) is 11.3 Å². The number of carbonyl (C=O) groups excluding carboxylic acids is 1. The third-order valence-electron chi connectivity index (χ3n) is 5.67. The number of thiophene rings is 1. The van der Waals surface area contributed by atoms with Crippen LogP contribution in [0.4, 0.5) is 8.78 Å². The summed E-state index contributed by atoms with van der Waals surface area (Å²) in [5.74, 6) is -0.778. The second kappa shape index (κ2) is 9.68. The zero-order chi connectivity index (χ0) is 21.7. The van der Waals surface area contributed by atoms with Crippen molar-refractivity contribution in [2.45, 2.75) is 24.4 Å². The number of carbonyl (C=O) groups is 1. The summed E-state index contributed by atoms with van der Waals surface area (Å²) in [7, 11) is 0. The molecule has 0 bridgehead atoms. The molecule has 1 fully saturated rings. The van der Waals surface area contributed by atoms with E-state index in [1.54, 1.807) is 24.3 Å². The number of nitrogens with one attached hydrogen (secondary N) is 2. The molecule has 1 aromatic heterocycles. The van der Waals surface area contributed by atoms with Crippen LogP contribution in [-0.2, 0) is 15.1 Å². The molecule has 1 saturated heterocycles. The number of amides is 1. The lowest BCUT2D eigenvalue weighted by Crippen LogP contribution is -2.50. The van der Waals surface area contributed by atoms with Crippen molar-refractivity contribution < 1.29 is 18.3 Å². The number of hydrogen-bond acceptors (Lipinski definition) is 4. The van der Waals surface area contributed by atoms with Crippen molar-refractivity contribution in [3.63, 3.8) is 0 Å². The van der Waals surface area contributed by atoms with Gasteiger partial charge in [0, 0.05) is 23.6 Å². The van der Waals surface area contributed by atoms with E-state index in [0.29, 0.717) is 26.1 Å². The van der Waals surface area contributed by atoms with E-state index in [0.717, 1.165) is 16.0 Å². The Morgan fingerprint density at radius 2 is 1.65 bits per heavy atom. The van der Waals surface area contributed by atoms with Crippen LogP contribution in [0.25, 0.3) is 0 Å². The highest BCUT2D eigenvalue weighted by Gasteiger charge is 2.34. The van der Waals surface area contributed by atoms with Crippen molar-refractivity contribution >= 4 is 17.2 Å². The first kappa shape index (κ1) is 21.6. The van der Waals surface area contributed by atoms with Gasteiger partial charge >= 0.3 is 0 Å². The Morgan fingerprint density at radius 3 is 2.26 bits per heavy atom. The Balaban J connectivity index is 1.49. The number of benzene rings is 2. The van der Waals surface area contributed by atoms with Gasteiger partial charge in [0.1, 0.15) is 11.6 Å². The minimum atomic E-state index is -0.447. The topological polar surface area (TPSA) is 50.4 Å². The summed E-state index contributed by atoms with van der Waals surface area (Å²) in [4.78, 5) is 13.9. The zero-order valence-corrected chi connectivity index (χ0v) is 17.8. The molecule has 3 aromatic rings. The van der Waals surface area contributed by atoms with Crippen LogP contribution < -0.4 is 10.6 Å². The second-order valence-corrected chi connectivity index (χ2v) is 8.60. The molecular weight excluding hydrogens is 418 g/mol. The van der Waals surface area contributed by atoms with Crippen molar-refractivity contribution in [1.82, 2.24) is 10.6 Å². The molecule has 1 unspecified atom stereocenters. The number of ether oxygens (including phenoxy) is 1. The fraction of sp³-hybridized carbons (Fsp3) is 0.292. The minimum absolute atomic E-state index is 0.0977. The van der Waals surface area contributed by atoms with Crippen molar-refractivity contribution in [3.05, 3.63) is 93.7 Å². The van der Waals surface area contributed by atoms with Crippen molar-refractivity contribution in [3.8, 4) is 0 Å². The molecule has 2 aromatic carbocycles. The molecule has 1 atom stereocenters. The van der Waals surface area contributed by atoms with Crippen LogP contribution in [0.1, 0.15) is 34.9 Å². The molecule has 0 radical (unpaired) electrons. The smallest absolute Gasteiger partial charge is 0.234 e. The van der Waals surface area contributed by atoms with E-state index in [9.17, 15) is 13.6 Å². The molecule has 0 spiro atoms. The highest BCUT2D eigenvalue weighted by atomic mass is 32.1. The quantitative estimate of drug-likeness (QED) is 0.565. The fourth-order valence-corrected chi connectivity index (χ4v) is 4.75. The first-order chi connectivity index (χ1) is 15.1. The SMILES string of the molecule is O=C(CNC1(c2ccc(F)cc2)CCOCC1)NC(c1ccc(F)cc1)c1cccs1. The molecule has 7 heteroatoms. The normalized spacial score (nSPS) is 16.6. The van der Waals surface area contributed by atoms with Gasteiger partial charge in [0.2, 0.25) is 5.91 Å². The summed E-state index contributed by atoms with van der Waals surface area (Å²) in [5.41, 5.74) is 1.31. The second-order valence-electron chi connectivity index (χ2n) is 7.62. The highest BCUT2D eigenvalue weighted by Crippen LogP contribution is 2.32. The maximum atomic E-state index is 13.4. The Kier molecular flexibility index (Phi) is 6.75. The number of rotatable bonds is 7. The zero-order valence-electron chi connectivity index (χ0n) is 16.9. The predicted molar refractivity (Wildman–Crippen MR) is 117 cm³/mol. The number of halogens is 2. The van der Waals surface area contributed by atoms with Crippen molar-refractivity contribution in [2.75, 3.05) is 19.8 Å². The van der Waals surface area contributed by atoms with Gasteiger partial charge in [0.15, 0.2) is 0 Å². The molecule has 31 heavy (non-hydrogen) atoms. The van der Waals surface area contributed by atoms with Gasteiger partial charge < -0.3 is 10.1 Å². The van der Waals surface area contributed by atoms with Crippen LogP contribution in [0.3, 0.4) is 0 Å². The lowest BCUT2D eigenvalue weighted by atomic mass is 9.82. The molecule has 1 amide bonds. The summed E-state index contributed by atoms with van der Waals surface area (Å²) in [6.45, 7) is 1.24. The molecule has 4 rings (SSSR count). The standard InChI is InChI=1S/C24H24F2N2O2S/c25-19-7-3-17(4-8-19)23(21-2-1-15-31-21)28-22(29)16-27-24(11-13-30-14-12-24)18-5-9-20(26)10-6-18/h1-10,15,23,27H,11-14,16H2,(H,28,29). The average Bonchev–Trinajstić information content (AvgIpc) is 3.33. The molecule has 4 nitrogen and oxygen atoms in total. The van der Waals surface area contributed by atoms with E-state index in [1.807, 2.05) is 17.5 Å². The van der Waals surface area contributed by atoms with Crippen LogP contribution >= 0.6 is 11.3 Å². The van der Waals surface area contributed by atoms with Crippen molar-refractivity contribution in [2.24, 2.45) is 0 Å². The summed E-state index contributed by atoms with van der Waals surface area (Å²) in [6.07, 6.45) is 1.39. The highest BCUT2D eigenvalue weighted by molar-refractivity contribution is 7.10. The summed E-state index contributed by atoms with van der Waals surface area (Å²) in [6, 6.07) is 16.1. The average molecular weight is 443 g/mol. The molecule has 0 aliphatic carbocycles. The maximum absolute atomic E-state index is 13.4. The van der Waals surface area contributed by atoms with Crippen LogP contribution in [0, 0.1) is 11.6 Å². The van der Waals surface area contributed by atoms with Gasteiger partial charge in [-0.05, 0) is 59.7 Å². The van der Waals surface area contributed by atoms with Crippen molar-refractivity contribution in [1.29, 1.82) is 0 Å². The van der Waals surface area contributed by atoms with Gasteiger partial charge in [-0.3, -0.25) is 10.1 Å². The van der Waals surface area contributed by atoms with E-state index < -0.39 is 5.54 Å². The monoisotopic (exact) mass is 442 g/mol. The molecule has 2 N–H and O–H groups in total. The largest absolute Gasteiger partial charge is 0.381 e. The van der Waals surface area contributed by atoms with E-state index in [1.165, 1.54) is 35.6 Å². The van der Waals surface area contributed by atoms with Gasteiger partial charge in [0.25, 0.3) is 0 Å². The first-order valence-corrected chi connectivity index (χ1v) is 11.1. The molecule has 1 aliphatic heterocycles. The molecule has 1 aliphatic rings. The summed E-state index contributed by atoms with van der Waals surface area (Å²) in [5, 5.41) is 8.42. The predicted octanol–water partition coefficient (Wildman–Crippen LogP) is 4.53.